The van der Waals surface area contributed by atoms with Crippen LogP contribution < -0.4 is 0 Å². The number of hydrogen-bond donors (Lipinski definition) is 0. The number of fused-ring (bicyclic) bond motifs is 2. The Morgan fingerprint density at radius 3 is 2.30 bits per heavy atom. The van der Waals surface area contributed by atoms with E-state index in [-0.39, 0.29) is 40.1 Å². The molecule has 33 heavy (non-hydrogen) atoms. The van der Waals surface area contributed by atoms with Crippen molar-refractivity contribution in [3.05, 3.63) is 70.3 Å². The number of benzene rings is 2. The molecular formula is C27H28O6. The average Bonchev–Trinajstić information content (AvgIpc) is 2.80. The van der Waals surface area contributed by atoms with Crippen LogP contribution in [0, 0.1) is 17.8 Å². The third kappa shape index (κ3) is 4.47. The summed E-state index contributed by atoms with van der Waals surface area (Å²) < 4.78 is 10.9. The summed E-state index contributed by atoms with van der Waals surface area (Å²) in [5.74, 6) is -1.02. The molecule has 0 heterocycles. The summed E-state index contributed by atoms with van der Waals surface area (Å²) in [5.41, 5.74) is 0.707. The first-order chi connectivity index (χ1) is 15.8. The molecule has 2 aromatic rings. The Labute approximate surface area is 193 Å². The second kappa shape index (κ2) is 9.30. The summed E-state index contributed by atoms with van der Waals surface area (Å²) in [6.07, 6.45) is 2.72. The molecule has 2 aromatic carbocycles. The van der Waals surface area contributed by atoms with Crippen LogP contribution in [0.1, 0.15) is 82.2 Å². The Morgan fingerprint density at radius 1 is 0.939 bits per heavy atom. The third-order valence-corrected chi connectivity index (χ3v) is 6.74. The maximum absolute atomic E-state index is 13.1. The lowest BCUT2D eigenvalue weighted by atomic mass is 9.75. The Hall–Kier alpha value is -3.28. The molecule has 1 fully saturated rings. The molecule has 0 radical (unpaired) electrons. The molecule has 0 aromatic heterocycles. The zero-order valence-corrected chi connectivity index (χ0v) is 19.1. The zero-order valence-electron chi connectivity index (χ0n) is 19.1. The van der Waals surface area contributed by atoms with E-state index in [0.717, 1.165) is 19.3 Å². The molecule has 3 atom stereocenters. The van der Waals surface area contributed by atoms with Crippen molar-refractivity contribution in [3.8, 4) is 0 Å². The normalized spacial score (nSPS) is 21.9. The molecule has 0 N–H and O–H groups in total. The lowest BCUT2D eigenvalue weighted by Crippen LogP contribution is -2.36. The van der Waals surface area contributed by atoms with Gasteiger partial charge in [0, 0.05) is 22.3 Å². The fraction of sp³-hybridized carbons (Fsp3) is 0.407. The second-order valence-electron chi connectivity index (χ2n) is 9.36. The highest BCUT2D eigenvalue weighted by atomic mass is 16.6. The molecule has 6 nitrogen and oxygen atoms in total. The summed E-state index contributed by atoms with van der Waals surface area (Å²) in [5, 5.41) is 0. The predicted octanol–water partition coefficient (Wildman–Crippen LogP) is 4.62. The fourth-order valence-electron chi connectivity index (χ4n) is 4.97. The molecule has 0 unspecified atom stereocenters. The highest BCUT2D eigenvalue weighted by molar-refractivity contribution is 6.30. The van der Waals surface area contributed by atoms with Crippen molar-refractivity contribution in [1.29, 1.82) is 0 Å². The number of hydrogen-bond acceptors (Lipinski definition) is 6. The van der Waals surface area contributed by atoms with E-state index in [1.807, 2.05) is 0 Å². The smallest absolute Gasteiger partial charge is 0.344 e. The van der Waals surface area contributed by atoms with Crippen molar-refractivity contribution >= 4 is 23.5 Å². The van der Waals surface area contributed by atoms with E-state index in [4.69, 9.17) is 9.47 Å². The molecule has 4 rings (SSSR count). The highest BCUT2D eigenvalue weighted by Crippen LogP contribution is 2.35. The van der Waals surface area contributed by atoms with Crippen LogP contribution in [0.2, 0.25) is 0 Å². The van der Waals surface area contributed by atoms with E-state index in [9.17, 15) is 19.2 Å². The fourth-order valence-corrected chi connectivity index (χ4v) is 4.97. The van der Waals surface area contributed by atoms with E-state index < -0.39 is 24.3 Å². The van der Waals surface area contributed by atoms with E-state index in [1.54, 1.807) is 24.3 Å². The SMILES string of the molecule is CC(C)[C@@H]1CC[C@@H](C)C[C@@H]1OC(=O)COC(=O)c1cccc2c1C(=O)c1ccccc1C2=O. The summed E-state index contributed by atoms with van der Waals surface area (Å²) >= 11 is 0. The Morgan fingerprint density at radius 2 is 1.61 bits per heavy atom. The first-order valence-electron chi connectivity index (χ1n) is 11.5. The van der Waals surface area contributed by atoms with Gasteiger partial charge in [0.15, 0.2) is 18.2 Å². The summed E-state index contributed by atoms with van der Waals surface area (Å²) in [6, 6.07) is 11.0. The molecule has 6 heteroatoms. The van der Waals surface area contributed by atoms with Gasteiger partial charge in [-0.3, -0.25) is 9.59 Å². The topological polar surface area (TPSA) is 86.7 Å². The largest absolute Gasteiger partial charge is 0.460 e. The lowest BCUT2D eigenvalue weighted by Gasteiger charge is -2.36. The van der Waals surface area contributed by atoms with Crippen molar-refractivity contribution in [2.75, 3.05) is 6.61 Å². The number of carbonyl (C=O) groups is 4. The van der Waals surface area contributed by atoms with Gasteiger partial charge in [0.2, 0.25) is 0 Å². The van der Waals surface area contributed by atoms with E-state index in [2.05, 4.69) is 20.8 Å². The van der Waals surface area contributed by atoms with Crippen molar-refractivity contribution in [3.63, 3.8) is 0 Å². The van der Waals surface area contributed by atoms with Crippen molar-refractivity contribution < 1.29 is 28.7 Å². The number of ketones is 2. The molecule has 0 saturated heterocycles. The lowest BCUT2D eigenvalue weighted by molar-refractivity contribution is -0.159. The standard InChI is InChI=1S/C27H28O6/c1-15(2)17-12-11-16(3)13-22(17)33-23(28)14-32-27(31)21-10-6-9-20-24(21)26(30)19-8-5-4-7-18(19)25(20)29/h4-10,15-17,22H,11-14H2,1-3H3/t16-,17+,22+/m1/s1. The molecule has 172 valence electrons. The Balaban J connectivity index is 1.47. The van der Waals surface area contributed by atoms with Crippen LogP contribution in [0.3, 0.4) is 0 Å². The number of ether oxygens (including phenoxy) is 2. The molecule has 0 bridgehead atoms. The van der Waals surface area contributed by atoms with Crippen molar-refractivity contribution in [2.24, 2.45) is 17.8 Å². The first-order valence-corrected chi connectivity index (χ1v) is 11.5. The summed E-state index contributed by atoms with van der Waals surface area (Å²) in [7, 11) is 0. The molecule has 0 aliphatic heterocycles. The van der Waals surface area contributed by atoms with Crippen LogP contribution in [-0.2, 0) is 14.3 Å². The molecular weight excluding hydrogens is 420 g/mol. The van der Waals surface area contributed by atoms with Crippen LogP contribution in [-0.4, -0.2) is 36.2 Å². The van der Waals surface area contributed by atoms with Gasteiger partial charge in [-0.2, -0.15) is 0 Å². The highest BCUT2D eigenvalue weighted by Gasteiger charge is 2.35. The van der Waals surface area contributed by atoms with E-state index in [0.29, 0.717) is 17.4 Å². The second-order valence-corrected chi connectivity index (χ2v) is 9.36. The van der Waals surface area contributed by atoms with Gasteiger partial charge in [-0.05, 0) is 36.7 Å². The van der Waals surface area contributed by atoms with Gasteiger partial charge in [0.05, 0.1) is 5.56 Å². The monoisotopic (exact) mass is 448 g/mol. The molecule has 2 aliphatic carbocycles. The van der Waals surface area contributed by atoms with Gasteiger partial charge in [-0.15, -0.1) is 0 Å². The minimum Gasteiger partial charge on any atom is -0.460 e. The zero-order chi connectivity index (χ0) is 23.7. The molecule has 0 spiro atoms. The van der Waals surface area contributed by atoms with Gasteiger partial charge in [-0.1, -0.05) is 63.6 Å². The van der Waals surface area contributed by atoms with Crippen LogP contribution in [0.4, 0.5) is 0 Å². The summed E-state index contributed by atoms with van der Waals surface area (Å²) in [6.45, 7) is 5.84. The Bertz CT molecular complexity index is 1120. The van der Waals surface area contributed by atoms with Crippen molar-refractivity contribution in [1.82, 2.24) is 0 Å². The van der Waals surface area contributed by atoms with Crippen LogP contribution in [0.5, 0.6) is 0 Å². The van der Waals surface area contributed by atoms with Gasteiger partial charge < -0.3 is 9.47 Å². The quantitative estimate of drug-likeness (QED) is 0.529. The molecule has 1 saturated carbocycles. The number of rotatable bonds is 5. The van der Waals surface area contributed by atoms with Crippen molar-refractivity contribution in [2.45, 2.75) is 46.1 Å². The van der Waals surface area contributed by atoms with E-state index in [1.165, 1.54) is 18.2 Å². The minimum atomic E-state index is -0.832. The predicted molar refractivity (Wildman–Crippen MR) is 121 cm³/mol. The van der Waals surface area contributed by atoms with Gasteiger partial charge in [0.1, 0.15) is 6.10 Å². The molecule has 2 aliphatic rings. The van der Waals surface area contributed by atoms with Crippen LogP contribution in [0.15, 0.2) is 42.5 Å². The maximum atomic E-state index is 13.1. The van der Waals surface area contributed by atoms with Gasteiger partial charge >= 0.3 is 11.9 Å². The third-order valence-electron chi connectivity index (χ3n) is 6.74. The van der Waals surface area contributed by atoms with Gasteiger partial charge in [0.25, 0.3) is 0 Å². The number of carbonyl (C=O) groups excluding carboxylic acids is 4. The maximum Gasteiger partial charge on any atom is 0.344 e. The first kappa shape index (κ1) is 22.9. The number of esters is 2. The Kier molecular flexibility index (Phi) is 6.45. The van der Waals surface area contributed by atoms with Gasteiger partial charge in [-0.25, -0.2) is 9.59 Å². The minimum absolute atomic E-state index is 0.0144. The molecule has 0 amide bonds. The van der Waals surface area contributed by atoms with E-state index >= 15 is 0 Å². The van der Waals surface area contributed by atoms with Crippen LogP contribution in [0.25, 0.3) is 0 Å². The average molecular weight is 449 g/mol. The van der Waals surface area contributed by atoms with Crippen LogP contribution >= 0.6 is 0 Å². The summed E-state index contributed by atoms with van der Waals surface area (Å²) in [4.78, 5) is 51.2.